The van der Waals surface area contributed by atoms with Gasteiger partial charge in [-0.15, -0.1) is 0 Å². The number of hydrogen-bond acceptors (Lipinski definition) is 7. The average Bonchev–Trinajstić information content (AvgIpc) is 2.76. The molecule has 0 bridgehead atoms. The summed E-state index contributed by atoms with van der Waals surface area (Å²) in [6.45, 7) is 0.403. The van der Waals surface area contributed by atoms with Crippen molar-refractivity contribution >= 4 is 17.9 Å². The first-order valence-corrected chi connectivity index (χ1v) is 9.21. The second-order valence-electron chi connectivity index (χ2n) is 6.55. The Morgan fingerprint density at radius 1 is 0.800 bits per heavy atom. The predicted molar refractivity (Wildman–Crippen MR) is 113 cm³/mol. The van der Waals surface area contributed by atoms with Gasteiger partial charge in [-0.3, -0.25) is 4.79 Å². The second-order valence-corrected chi connectivity index (χ2v) is 6.55. The van der Waals surface area contributed by atoms with Gasteiger partial charge in [-0.1, -0.05) is 6.07 Å². The van der Waals surface area contributed by atoms with E-state index in [-0.39, 0.29) is 24.7 Å². The number of carbonyl (C=O) groups is 1. The van der Waals surface area contributed by atoms with Gasteiger partial charge in [-0.05, 0) is 47.5 Å². The van der Waals surface area contributed by atoms with E-state index in [0.717, 1.165) is 11.1 Å². The molecule has 1 fully saturated rings. The van der Waals surface area contributed by atoms with Crippen molar-refractivity contribution in [1.29, 1.82) is 0 Å². The van der Waals surface area contributed by atoms with Crippen LogP contribution in [0.25, 0.3) is 12.2 Å². The highest BCUT2D eigenvalue weighted by molar-refractivity contribution is 6.14. The monoisotopic (exact) mass is 412 g/mol. The Kier molecular flexibility index (Phi) is 6.64. The van der Waals surface area contributed by atoms with Crippen LogP contribution in [0.2, 0.25) is 0 Å². The van der Waals surface area contributed by atoms with Crippen molar-refractivity contribution in [2.24, 2.45) is 0 Å². The van der Waals surface area contributed by atoms with Crippen LogP contribution in [0, 0.1) is 0 Å². The Labute approximate surface area is 175 Å². The highest BCUT2D eigenvalue weighted by Gasteiger charge is 2.22. The van der Waals surface area contributed by atoms with Crippen molar-refractivity contribution in [2.75, 3.05) is 41.7 Å². The van der Waals surface area contributed by atoms with Crippen molar-refractivity contribution in [3.05, 3.63) is 52.6 Å². The number of carbonyl (C=O) groups excluding carboxylic acids is 1. The fraction of sp³-hybridized carbons (Fsp3) is 0.261. The number of ketones is 1. The Morgan fingerprint density at radius 2 is 1.33 bits per heavy atom. The van der Waals surface area contributed by atoms with Gasteiger partial charge in [0, 0.05) is 11.1 Å². The van der Waals surface area contributed by atoms with Gasteiger partial charge < -0.3 is 28.8 Å². The van der Waals surface area contributed by atoms with Crippen molar-refractivity contribution < 1.29 is 33.6 Å². The summed E-state index contributed by atoms with van der Waals surface area (Å²) in [6.07, 6.45) is 3.48. The first-order valence-electron chi connectivity index (χ1n) is 9.21. The maximum atomic E-state index is 13.0. The first kappa shape index (κ1) is 21.3. The summed E-state index contributed by atoms with van der Waals surface area (Å²) in [7, 11) is 6.08. The zero-order chi connectivity index (χ0) is 21.7. The van der Waals surface area contributed by atoms with Crippen molar-refractivity contribution in [1.82, 2.24) is 0 Å². The van der Waals surface area contributed by atoms with Gasteiger partial charge in [-0.25, -0.2) is 0 Å². The highest BCUT2D eigenvalue weighted by atomic mass is 16.5. The summed E-state index contributed by atoms with van der Waals surface area (Å²) in [6, 6.07) is 8.42. The second kappa shape index (κ2) is 9.37. The lowest BCUT2D eigenvalue weighted by atomic mass is 9.97. The molecule has 158 valence electrons. The lowest BCUT2D eigenvalue weighted by Gasteiger charge is -2.18. The lowest BCUT2D eigenvalue weighted by molar-refractivity contribution is -0.114. The first-order chi connectivity index (χ1) is 14.5. The zero-order valence-electron chi connectivity index (χ0n) is 17.4. The van der Waals surface area contributed by atoms with E-state index in [4.69, 9.17) is 23.7 Å². The van der Waals surface area contributed by atoms with Crippen LogP contribution in [0.3, 0.4) is 0 Å². The quantitative estimate of drug-likeness (QED) is 0.727. The molecule has 0 amide bonds. The molecule has 1 N–H and O–H groups in total. The number of methoxy groups -OCH3 is 4. The molecule has 0 aliphatic carbocycles. The summed E-state index contributed by atoms with van der Waals surface area (Å²) >= 11 is 0. The van der Waals surface area contributed by atoms with Gasteiger partial charge in [0.1, 0.15) is 0 Å². The molecular weight excluding hydrogens is 388 g/mol. The van der Waals surface area contributed by atoms with E-state index in [9.17, 15) is 9.90 Å². The number of phenolic OH excluding ortho intramolecular Hbond substituents is 1. The summed E-state index contributed by atoms with van der Waals surface area (Å²) in [5.74, 6) is 1.74. The van der Waals surface area contributed by atoms with E-state index >= 15 is 0 Å². The van der Waals surface area contributed by atoms with E-state index < -0.39 is 0 Å². The zero-order valence-corrected chi connectivity index (χ0v) is 17.4. The fourth-order valence-electron chi connectivity index (χ4n) is 3.19. The average molecular weight is 412 g/mol. The minimum Gasteiger partial charge on any atom is -0.504 e. The molecule has 0 radical (unpaired) electrons. The molecular formula is C23H24O7. The van der Waals surface area contributed by atoms with Crippen LogP contribution in [0.15, 0.2) is 41.5 Å². The van der Waals surface area contributed by atoms with Gasteiger partial charge >= 0.3 is 0 Å². The van der Waals surface area contributed by atoms with Gasteiger partial charge in [0.05, 0.1) is 41.7 Å². The fourth-order valence-corrected chi connectivity index (χ4v) is 3.19. The van der Waals surface area contributed by atoms with Gasteiger partial charge in [0.25, 0.3) is 0 Å². The van der Waals surface area contributed by atoms with Crippen LogP contribution in [0.5, 0.6) is 28.7 Å². The number of hydrogen-bond donors (Lipinski definition) is 1. The summed E-state index contributed by atoms with van der Waals surface area (Å²) in [5, 5.41) is 9.75. The van der Waals surface area contributed by atoms with E-state index in [1.807, 2.05) is 0 Å². The molecule has 1 aliphatic heterocycles. The number of ether oxygens (including phenoxy) is 5. The van der Waals surface area contributed by atoms with Crippen LogP contribution in [0.4, 0.5) is 0 Å². The SMILES string of the molecule is COc1cc(/C=C2\COC/C(=C\c3cc(OC)c(OC)c(OC)c3)C2=O)ccc1O. The summed E-state index contributed by atoms with van der Waals surface area (Å²) in [4.78, 5) is 13.0. The third-order valence-corrected chi connectivity index (χ3v) is 4.67. The molecule has 0 saturated carbocycles. The number of phenols is 1. The Bertz CT molecular complexity index is 980. The molecule has 3 rings (SSSR count). The summed E-state index contributed by atoms with van der Waals surface area (Å²) < 4.78 is 26.8. The van der Waals surface area contributed by atoms with Gasteiger partial charge in [0.2, 0.25) is 5.75 Å². The number of Topliss-reactive ketones (excluding diaryl/α,β-unsaturated/α-hetero) is 1. The lowest BCUT2D eigenvalue weighted by Crippen LogP contribution is -2.21. The minimum absolute atomic E-state index is 0.0360. The van der Waals surface area contributed by atoms with E-state index in [0.29, 0.717) is 34.1 Å². The normalized spacial score (nSPS) is 16.6. The van der Waals surface area contributed by atoms with Gasteiger partial charge in [-0.2, -0.15) is 0 Å². The van der Waals surface area contributed by atoms with Crippen LogP contribution >= 0.6 is 0 Å². The third kappa shape index (κ3) is 4.41. The summed E-state index contributed by atoms with van der Waals surface area (Å²) in [5.41, 5.74) is 2.47. The largest absolute Gasteiger partial charge is 0.504 e. The molecule has 1 saturated heterocycles. The Balaban J connectivity index is 1.94. The molecule has 0 aromatic heterocycles. The molecule has 0 atom stereocenters. The van der Waals surface area contributed by atoms with Crippen LogP contribution < -0.4 is 18.9 Å². The number of rotatable bonds is 6. The minimum atomic E-state index is -0.109. The molecule has 1 aliphatic rings. The molecule has 1 heterocycles. The Hall–Kier alpha value is -3.45. The highest BCUT2D eigenvalue weighted by Crippen LogP contribution is 2.39. The topological polar surface area (TPSA) is 83.5 Å². The van der Waals surface area contributed by atoms with Crippen LogP contribution in [-0.2, 0) is 9.53 Å². The Morgan fingerprint density at radius 3 is 1.87 bits per heavy atom. The molecule has 7 nitrogen and oxygen atoms in total. The number of benzene rings is 2. The van der Waals surface area contributed by atoms with E-state index in [1.54, 1.807) is 36.4 Å². The maximum Gasteiger partial charge on any atom is 0.203 e. The van der Waals surface area contributed by atoms with Crippen molar-refractivity contribution in [2.45, 2.75) is 0 Å². The maximum absolute atomic E-state index is 13.0. The van der Waals surface area contributed by atoms with Crippen molar-refractivity contribution in [3.63, 3.8) is 0 Å². The number of aromatic hydroxyl groups is 1. The standard InChI is InChI=1S/C23H24O7/c1-26-19-9-14(5-6-18(19)24)7-16-12-30-13-17(22(16)25)8-15-10-20(27-2)23(29-4)21(11-15)28-3/h5-11,24H,12-13H2,1-4H3/b16-7+,17-8+. The molecule has 0 unspecified atom stereocenters. The predicted octanol–water partition coefficient (Wildman–Crippen LogP) is 3.49. The van der Waals surface area contributed by atoms with Gasteiger partial charge in [0.15, 0.2) is 28.8 Å². The molecule has 7 heteroatoms. The van der Waals surface area contributed by atoms with E-state index in [1.165, 1.54) is 34.5 Å². The van der Waals surface area contributed by atoms with Crippen LogP contribution in [0.1, 0.15) is 11.1 Å². The van der Waals surface area contributed by atoms with Crippen molar-refractivity contribution in [3.8, 4) is 28.7 Å². The van der Waals surface area contributed by atoms with E-state index in [2.05, 4.69) is 0 Å². The van der Waals surface area contributed by atoms with Crippen LogP contribution in [-0.4, -0.2) is 52.5 Å². The molecule has 0 spiro atoms. The molecule has 2 aromatic rings. The third-order valence-electron chi connectivity index (χ3n) is 4.67. The smallest absolute Gasteiger partial charge is 0.203 e. The molecule has 30 heavy (non-hydrogen) atoms. The molecule has 2 aromatic carbocycles.